The van der Waals surface area contributed by atoms with Gasteiger partial charge < -0.3 is 37.3 Å². The second-order valence-electron chi connectivity index (χ2n) is 23.2. The van der Waals surface area contributed by atoms with Crippen LogP contribution >= 0.6 is 0 Å². The quantitative estimate of drug-likeness (QED) is 0.0356. The van der Waals surface area contributed by atoms with E-state index >= 15 is 0 Å². The number of benzene rings is 3. The molecular formula is C74H114O8. The summed E-state index contributed by atoms with van der Waals surface area (Å²) in [5.41, 5.74) is 3.46. The third kappa shape index (κ3) is 26.3. The van der Waals surface area contributed by atoms with Crippen molar-refractivity contribution in [2.75, 3.05) is 39.6 Å². The summed E-state index contributed by atoms with van der Waals surface area (Å²) in [5.74, 6) is 7.58. The Morgan fingerprint density at radius 1 is 0.220 bits per heavy atom. The third-order valence-corrected chi connectivity index (χ3v) is 15.8. The van der Waals surface area contributed by atoms with Crippen LogP contribution in [0.3, 0.4) is 0 Å². The summed E-state index contributed by atoms with van der Waals surface area (Å²) < 4.78 is 53.7. The van der Waals surface area contributed by atoms with E-state index in [0.717, 1.165) is 132 Å². The molecule has 0 aliphatic rings. The number of hydrogen-bond acceptors (Lipinski definition) is 8. The Bertz CT molecular complexity index is 2200. The Balaban J connectivity index is 1.52. The maximum Gasteiger partial charge on any atom is 0.138 e. The van der Waals surface area contributed by atoms with Crippen molar-refractivity contribution in [1.82, 2.24) is 0 Å². The largest absolute Gasteiger partial charge is 0.494 e. The molecule has 0 saturated heterocycles. The van der Waals surface area contributed by atoms with Gasteiger partial charge in [0.1, 0.15) is 57.5 Å². The highest BCUT2D eigenvalue weighted by atomic mass is 16.5. The van der Waals surface area contributed by atoms with Crippen LogP contribution in [0.1, 0.15) is 273 Å². The van der Waals surface area contributed by atoms with Gasteiger partial charge in [-0.05, 0) is 111 Å². The van der Waals surface area contributed by atoms with Gasteiger partial charge in [-0.1, -0.05) is 234 Å². The lowest BCUT2D eigenvalue weighted by atomic mass is 10.0. The molecule has 8 heteroatoms. The second-order valence-corrected chi connectivity index (χ2v) is 23.2. The number of hydrogen-bond donors (Lipinski definition) is 0. The van der Waals surface area contributed by atoms with Gasteiger partial charge in [-0.3, -0.25) is 0 Å². The summed E-state index contributed by atoms with van der Waals surface area (Å²) in [4.78, 5) is 0. The lowest BCUT2D eigenvalue weighted by molar-refractivity contribution is 0.296. The summed E-state index contributed by atoms with van der Waals surface area (Å²) in [7, 11) is 0. The molecule has 0 unspecified atom stereocenters. The Morgan fingerprint density at radius 2 is 0.439 bits per heavy atom. The minimum atomic E-state index is 0.590. The van der Waals surface area contributed by atoms with E-state index in [0.29, 0.717) is 51.2 Å². The molecule has 0 fully saturated rings. The predicted octanol–water partition coefficient (Wildman–Crippen LogP) is 24.0. The zero-order chi connectivity index (χ0) is 57.9. The lowest BCUT2D eigenvalue weighted by Crippen LogP contribution is -2.03. The van der Waals surface area contributed by atoms with Crippen LogP contribution in [-0.2, 0) is 0 Å². The van der Waals surface area contributed by atoms with Gasteiger partial charge in [0.15, 0.2) is 0 Å². The van der Waals surface area contributed by atoms with Crippen LogP contribution in [0.5, 0.6) is 34.5 Å². The van der Waals surface area contributed by atoms with Gasteiger partial charge in [0.05, 0.1) is 61.9 Å². The topological polar surface area (TPSA) is 81.7 Å². The zero-order valence-electron chi connectivity index (χ0n) is 52.9. The molecule has 3 aromatic carbocycles. The van der Waals surface area contributed by atoms with Crippen LogP contribution in [0.4, 0.5) is 0 Å². The summed E-state index contributed by atoms with van der Waals surface area (Å²) >= 11 is 0. The van der Waals surface area contributed by atoms with Crippen molar-refractivity contribution in [3.05, 3.63) is 72.8 Å². The van der Waals surface area contributed by atoms with Crippen molar-refractivity contribution in [2.45, 2.75) is 273 Å². The van der Waals surface area contributed by atoms with E-state index in [2.05, 4.69) is 102 Å². The zero-order valence-corrected chi connectivity index (χ0v) is 52.9. The minimum Gasteiger partial charge on any atom is -0.494 e. The maximum atomic E-state index is 6.98. The van der Waals surface area contributed by atoms with Crippen LogP contribution in [0.25, 0.3) is 45.3 Å². The summed E-state index contributed by atoms with van der Waals surface area (Å²) in [6.45, 7) is 17.5. The fraction of sp³-hybridized carbons (Fsp3) is 0.649. The van der Waals surface area contributed by atoms with Crippen LogP contribution in [-0.4, -0.2) is 39.6 Å². The number of rotatable bonds is 52. The van der Waals surface area contributed by atoms with Gasteiger partial charge in [-0.15, -0.1) is 0 Å². The van der Waals surface area contributed by atoms with Gasteiger partial charge >= 0.3 is 0 Å². The fourth-order valence-electron chi connectivity index (χ4n) is 10.7. The van der Waals surface area contributed by atoms with E-state index in [9.17, 15) is 0 Å². The van der Waals surface area contributed by atoms with Crippen LogP contribution in [0, 0.1) is 0 Å². The van der Waals surface area contributed by atoms with Gasteiger partial charge in [0, 0.05) is 0 Å². The Hall–Kier alpha value is -4.98. The molecule has 0 bridgehead atoms. The molecule has 5 rings (SSSR count). The molecule has 2 aromatic heterocycles. The average molecular weight is 1130 g/mol. The van der Waals surface area contributed by atoms with Crippen LogP contribution < -0.4 is 28.4 Å². The van der Waals surface area contributed by atoms with Crippen molar-refractivity contribution < 1.29 is 37.3 Å². The van der Waals surface area contributed by atoms with Crippen LogP contribution in [0.2, 0.25) is 0 Å². The van der Waals surface area contributed by atoms with E-state index in [4.69, 9.17) is 37.3 Å². The molecule has 0 saturated carbocycles. The molecule has 0 amide bonds. The van der Waals surface area contributed by atoms with Crippen molar-refractivity contribution in [3.8, 4) is 79.8 Å². The fourth-order valence-corrected chi connectivity index (χ4v) is 10.7. The molecule has 2 heterocycles. The van der Waals surface area contributed by atoms with E-state index < -0.39 is 0 Å². The molecular weight excluding hydrogens is 1020 g/mol. The Labute approximate surface area is 499 Å². The van der Waals surface area contributed by atoms with E-state index in [1.807, 2.05) is 12.1 Å². The van der Waals surface area contributed by atoms with Crippen molar-refractivity contribution in [3.63, 3.8) is 0 Å². The van der Waals surface area contributed by atoms with E-state index in [1.54, 1.807) is 0 Å². The molecule has 458 valence electrons. The summed E-state index contributed by atoms with van der Waals surface area (Å²) in [6.07, 6.45) is 43.2. The van der Waals surface area contributed by atoms with Crippen LogP contribution in [0.15, 0.2) is 81.6 Å². The predicted molar refractivity (Wildman–Crippen MR) is 346 cm³/mol. The standard InChI is InChI=1S/C74H114O8/c1-7-13-19-25-31-37-51-75-61-43-45-67(77-53-39-33-27-21-15-9-3)63(57-61)69-47-49-71(81-69)65-59-74(80-56-42-36-30-24-18-12-6)66(60-73(65)79-55-41-35-29-23-17-11-5)72-50-48-70(82-72)64-58-62(76-52-38-32-26-20-14-8-2)44-46-68(64)78-54-40-34-28-22-16-10-4/h43-50,57-60H,7-42,51-56H2,1-6H3. The van der Waals surface area contributed by atoms with Gasteiger partial charge in [-0.25, -0.2) is 0 Å². The van der Waals surface area contributed by atoms with Crippen molar-refractivity contribution in [2.24, 2.45) is 0 Å². The smallest absolute Gasteiger partial charge is 0.138 e. The van der Waals surface area contributed by atoms with E-state index in [1.165, 1.54) is 167 Å². The van der Waals surface area contributed by atoms with Gasteiger partial charge in [-0.2, -0.15) is 0 Å². The Kier molecular flexibility index (Phi) is 36.1. The summed E-state index contributed by atoms with van der Waals surface area (Å²) in [5, 5.41) is 0. The first-order chi connectivity index (χ1) is 40.5. The summed E-state index contributed by atoms with van der Waals surface area (Å²) in [6, 6.07) is 24.9. The molecule has 8 nitrogen and oxygen atoms in total. The van der Waals surface area contributed by atoms with Gasteiger partial charge in [0.2, 0.25) is 0 Å². The molecule has 5 aromatic rings. The molecule has 0 aliphatic carbocycles. The third-order valence-electron chi connectivity index (χ3n) is 15.8. The van der Waals surface area contributed by atoms with Crippen molar-refractivity contribution >= 4 is 0 Å². The minimum absolute atomic E-state index is 0.590. The lowest BCUT2D eigenvalue weighted by Gasteiger charge is -2.17. The first-order valence-corrected chi connectivity index (χ1v) is 34.0. The Morgan fingerprint density at radius 3 is 0.707 bits per heavy atom. The maximum absolute atomic E-state index is 6.98. The molecule has 0 atom stereocenters. The number of unbranched alkanes of at least 4 members (excludes halogenated alkanes) is 30. The average Bonchev–Trinajstić information content (AvgIpc) is 4.40. The molecule has 0 radical (unpaired) electrons. The molecule has 82 heavy (non-hydrogen) atoms. The first-order valence-electron chi connectivity index (χ1n) is 34.0. The highest BCUT2D eigenvalue weighted by Gasteiger charge is 2.23. The monoisotopic (exact) mass is 1130 g/mol. The number of furan rings is 2. The second kappa shape index (κ2) is 43.6. The SMILES string of the molecule is CCCCCCCCOc1ccc(OCCCCCCCC)c(-c2ccc(-c3cc(OCCCCCCCC)c(-c4ccc(-c5cc(OCCCCCCCC)ccc5OCCCCCCCC)o4)cc3OCCCCCCCC)o2)c1. The van der Waals surface area contributed by atoms with Crippen molar-refractivity contribution in [1.29, 1.82) is 0 Å². The van der Waals surface area contributed by atoms with Gasteiger partial charge in [0.25, 0.3) is 0 Å². The van der Waals surface area contributed by atoms with E-state index in [-0.39, 0.29) is 0 Å². The normalized spacial score (nSPS) is 11.4. The molecule has 0 spiro atoms. The first kappa shape index (κ1) is 67.8. The highest BCUT2D eigenvalue weighted by molar-refractivity contribution is 5.80. The number of ether oxygens (including phenoxy) is 6. The highest BCUT2D eigenvalue weighted by Crippen LogP contribution is 2.46. The molecule has 0 N–H and O–H groups in total. The molecule has 0 aliphatic heterocycles.